The normalized spacial score (nSPS) is 15.9. The van der Waals surface area contributed by atoms with Crippen molar-refractivity contribution >= 4 is 22.7 Å². The van der Waals surface area contributed by atoms with Crippen LogP contribution >= 0.6 is 0 Å². The Morgan fingerprint density at radius 3 is 2.79 bits per heavy atom. The van der Waals surface area contributed by atoms with Crippen LogP contribution in [0, 0.1) is 0 Å². The third-order valence-electron chi connectivity index (χ3n) is 6.41. The number of carbonyl (C=O) groups is 1. The second kappa shape index (κ2) is 8.42. The molecule has 2 aromatic heterocycles. The van der Waals surface area contributed by atoms with Crippen molar-refractivity contribution < 1.29 is 14.3 Å². The molecule has 1 saturated heterocycles. The van der Waals surface area contributed by atoms with Gasteiger partial charge in [-0.2, -0.15) is 0 Å². The second-order valence-electron chi connectivity index (χ2n) is 8.51. The van der Waals surface area contributed by atoms with E-state index < -0.39 is 0 Å². The van der Waals surface area contributed by atoms with E-state index in [0.29, 0.717) is 49.4 Å². The molecule has 0 amide bonds. The van der Waals surface area contributed by atoms with Crippen LogP contribution in [-0.4, -0.2) is 58.9 Å². The first kappa shape index (κ1) is 20.6. The summed E-state index contributed by atoms with van der Waals surface area (Å²) in [6.45, 7) is 3.73. The predicted molar refractivity (Wildman–Crippen MR) is 126 cm³/mol. The quantitative estimate of drug-likeness (QED) is 0.470. The van der Waals surface area contributed by atoms with Gasteiger partial charge in [0, 0.05) is 36.5 Å². The van der Waals surface area contributed by atoms with E-state index in [4.69, 9.17) is 9.47 Å². The van der Waals surface area contributed by atoms with E-state index in [-0.39, 0.29) is 11.4 Å². The molecule has 0 bridgehead atoms. The number of hydrogen-bond acceptors (Lipinski definition) is 7. The van der Waals surface area contributed by atoms with Crippen molar-refractivity contribution in [3.05, 3.63) is 75.6 Å². The third kappa shape index (κ3) is 3.73. The highest BCUT2D eigenvalue weighted by Gasteiger charge is 2.21. The molecule has 0 radical (unpaired) electrons. The van der Waals surface area contributed by atoms with Gasteiger partial charge in [0.15, 0.2) is 5.43 Å². The van der Waals surface area contributed by atoms with Crippen LogP contribution in [0.4, 0.5) is 5.82 Å². The maximum absolute atomic E-state index is 12.9. The molecule has 2 aromatic carbocycles. The fourth-order valence-corrected chi connectivity index (χ4v) is 4.64. The molecule has 4 heterocycles. The standard InChI is InChI=1S/C25H23N5O4/c31-23-13-24(29-7-10-33-11-8-29)26-21-5-4-16(12-20(21)23)22-15-30(28-27-22)14-17-2-1-3-19-18(17)6-9-34-25(19)32/h1-5,12-13,15H,6-11,14H2,(H,26,31). The van der Waals surface area contributed by atoms with E-state index in [1.807, 2.05) is 36.5 Å². The number of carbonyl (C=O) groups excluding carboxylic acids is 1. The number of aromatic amines is 1. The average molecular weight is 457 g/mol. The van der Waals surface area contributed by atoms with Gasteiger partial charge >= 0.3 is 5.97 Å². The Balaban J connectivity index is 1.28. The molecule has 172 valence electrons. The van der Waals surface area contributed by atoms with Gasteiger partial charge in [-0.05, 0) is 29.3 Å². The summed E-state index contributed by atoms with van der Waals surface area (Å²) in [4.78, 5) is 30.4. The van der Waals surface area contributed by atoms with E-state index in [2.05, 4.69) is 20.2 Å². The Morgan fingerprint density at radius 2 is 1.91 bits per heavy atom. The SMILES string of the molecule is O=C1OCCc2c(Cn3cc(-c4ccc5[nH]c(N6CCOCC6)cc(=O)c5c4)nn3)cccc21. The number of morpholine rings is 1. The first-order chi connectivity index (χ1) is 16.7. The molecule has 4 aromatic rings. The summed E-state index contributed by atoms with van der Waals surface area (Å²) in [6, 6.07) is 13.0. The van der Waals surface area contributed by atoms with Gasteiger partial charge in [-0.3, -0.25) is 4.79 Å². The number of nitrogens with one attached hydrogen (secondary N) is 1. The molecule has 0 unspecified atom stereocenters. The van der Waals surface area contributed by atoms with Crippen LogP contribution in [0.5, 0.6) is 0 Å². The summed E-state index contributed by atoms with van der Waals surface area (Å²) in [5, 5.41) is 9.21. The number of aromatic nitrogens is 4. The number of H-pyrrole nitrogens is 1. The summed E-state index contributed by atoms with van der Waals surface area (Å²) in [6.07, 6.45) is 2.55. The van der Waals surface area contributed by atoms with Crippen LogP contribution in [0.2, 0.25) is 0 Å². The number of ether oxygens (including phenoxy) is 2. The molecular weight excluding hydrogens is 434 g/mol. The van der Waals surface area contributed by atoms with Crippen molar-refractivity contribution in [1.29, 1.82) is 0 Å². The molecule has 0 spiro atoms. The fourth-order valence-electron chi connectivity index (χ4n) is 4.64. The number of pyridine rings is 1. The topological polar surface area (TPSA) is 102 Å². The molecule has 1 N–H and O–H groups in total. The number of nitrogens with zero attached hydrogens (tertiary/aromatic N) is 4. The molecule has 2 aliphatic heterocycles. The van der Waals surface area contributed by atoms with Crippen molar-refractivity contribution in [3.63, 3.8) is 0 Å². The summed E-state index contributed by atoms with van der Waals surface area (Å²) in [5.74, 6) is 0.537. The molecule has 0 atom stereocenters. The molecule has 2 aliphatic rings. The van der Waals surface area contributed by atoms with Crippen molar-refractivity contribution in [1.82, 2.24) is 20.0 Å². The van der Waals surface area contributed by atoms with Crippen molar-refractivity contribution in [3.8, 4) is 11.3 Å². The maximum Gasteiger partial charge on any atom is 0.338 e. The molecule has 0 saturated carbocycles. The average Bonchev–Trinajstić information content (AvgIpc) is 3.33. The summed E-state index contributed by atoms with van der Waals surface area (Å²) in [5.41, 5.74) is 4.90. The zero-order valence-corrected chi connectivity index (χ0v) is 18.5. The van der Waals surface area contributed by atoms with Gasteiger partial charge in [-0.25, -0.2) is 9.48 Å². The highest BCUT2D eigenvalue weighted by molar-refractivity contribution is 5.92. The number of esters is 1. The Bertz CT molecular complexity index is 1450. The van der Waals surface area contributed by atoms with Crippen LogP contribution in [0.1, 0.15) is 21.5 Å². The molecule has 34 heavy (non-hydrogen) atoms. The van der Waals surface area contributed by atoms with Gasteiger partial charge in [0.1, 0.15) is 11.5 Å². The minimum Gasteiger partial charge on any atom is -0.462 e. The van der Waals surface area contributed by atoms with Crippen LogP contribution in [0.25, 0.3) is 22.2 Å². The molecule has 0 aliphatic carbocycles. The summed E-state index contributed by atoms with van der Waals surface area (Å²) in [7, 11) is 0. The van der Waals surface area contributed by atoms with Gasteiger partial charge in [0.2, 0.25) is 0 Å². The van der Waals surface area contributed by atoms with Crippen molar-refractivity contribution in [2.45, 2.75) is 13.0 Å². The first-order valence-corrected chi connectivity index (χ1v) is 11.3. The van der Waals surface area contributed by atoms with Crippen molar-refractivity contribution in [2.75, 3.05) is 37.8 Å². The number of rotatable bonds is 4. The van der Waals surface area contributed by atoms with Gasteiger partial charge < -0.3 is 19.4 Å². The van der Waals surface area contributed by atoms with E-state index in [9.17, 15) is 9.59 Å². The largest absolute Gasteiger partial charge is 0.462 e. The highest BCUT2D eigenvalue weighted by Crippen LogP contribution is 2.24. The first-order valence-electron chi connectivity index (χ1n) is 11.3. The van der Waals surface area contributed by atoms with Crippen LogP contribution in [0.15, 0.2) is 53.5 Å². The lowest BCUT2D eigenvalue weighted by Gasteiger charge is -2.28. The second-order valence-corrected chi connectivity index (χ2v) is 8.51. The smallest absolute Gasteiger partial charge is 0.338 e. The summed E-state index contributed by atoms with van der Waals surface area (Å²) >= 11 is 0. The molecule has 9 heteroatoms. The van der Waals surface area contributed by atoms with Crippen LogP contribution in [-0.2, 0) is 22.4 Å². The predicted octanol–water partition coefficient (Wildman–Crippen LogP) is 2.38. The molecular formula is C25H23N5O4. The van der Waals surface area contributed by atoms with Gasteiger partial charge in [-0.15, -0.1) is 5.10 Å². The van der Waals surface area contributed by atoms with Crippen molar-refractivity contribution in [2.24, 2.45) is 0 Å². The Hall–Kier alpha value is -3.98. The molecule has 6 rings (SSSR count). The van der Waals surface area contributed by atoms with Crippen LogP contribution in [0.3, 0.4) is 0 Å². The zero-order valence-electron chi connectivity index (χ0n) is 18.5. The zero-order chi connectivity index (χ0) is 23.1. The Morgan fingerprint density at radius 1 is 1.03 bits per heavy atom. The number of fused-ring (bicyclic) bond motifs is 2. The van der Waals surface area contributed by atoms with E-state index in [0.717, 1.165) is 41.1 Å². The van der Waals surface area contributed by atoms with E-state index in [1.165, 1.54) is 0 Å². The monoisotopic (exact) mass is 457 g/mol. The lowest BCUT2D eigenvalue weighted by Crippen LogP contribution is -2.37. The fraction of sp³-hybridized carbons (Fsp3) is 0.280. The maximum atomic E-state index is 12.9. The van der Waals surface area contributed by atoms with Gasteiger partial charge in [0.05, 0.1) is 43.6 Å². The number of benzene rings is 2. The third-order valence-corrected chi connectivity index (χ3v) is 6.41. The Labute approximate surface area is 194 Å². The number of hydrogen-bond donors (Lipinski definition) is 1. The number of anilines is 1. The summed E-state index contributed by atoms with van der Waals surface area (Å²) < 4.78 is 12.3. The minimum absolute atomic E-state index is 0.0349. The highest BCUT2D eigenvalue weighted by atomic mass is 16.5. The Kier molecular flexibility index (Phi) is 5.10. The molecule has 9 nitrogen and oxygen atoms in total. The number of cyclic esters (lactones) is 1. The van der Waals surface area contributed by atoms with E-state index >= 15 is 0 Å². The van der Waals surface area contributed by atoms with Crippen LogP contribution < -0.4 is 10.3 Å². The lowest BCUT2D eigenvalue weighted by molar-refractivity contribution is 0.0479. The lowest BCUT2D eigenvalue weighted by atomic mass is 9.97. The molecule has 1 fully saturated rings. The van der Waals surface area contributed by atoms with Gasteiger partial charge in [0.25, 0.3) is 0 Å². The minimum atomic E-state index is -0.277. The van der Waals surface area contributed by atoms with Gasteiger partial charge in [-0.1, -0.05) is 23.4 Å². The van der Waals surface area contributed by atoms with E-state index in [1.54, 1.807) is 16.8 Å².